The zero-order chi connectivity index (χ0) is 13.5. The lowest BCUT2D eigenvalue weighted by atomic mass is 9.76. The van der Waals surface area contributed by atoms with Gasteiger partial charge in [0, 0.05) is 24.2 Å². The number of halogens is 2. The molecule has 2 nitrogen and oxygen atoms in total. The molecule has 2 saturated carbocycles. The fourth-order valence-electron chi connectivity index (χ4n) is 4.19. The van der Waals surface area contributed by atoms with Crippen LogP contribution in [0.3, 0.4) is 0 Å². The van der Waals surface area contributed by atoms with E-state index in [1.54, 1.807) is 0 Å². The SMILES string of the molecule is CC1(C2CC2)CNC2(CCCCC2)CN1CC(F)F. The molecule has 3 aliphatic rings. The van der Waals surface area contributed by atoms with E-state index in [0.717, 1.165) is 25.9 Å². The molecule has 0 aromatic carbocycles. The van der Waals surface area contributed by atoms with Gasteiger partial charge in [0.25, 0.3) is 6.43 Å². The molecule has 1 aliphatic heterocycles. The molecule has 1 saturated heterocycles. The van der Waals surface area contributed by atoms with Gasteiger partial charge >= 0.3 is 0 Å². The van der Waals surface area contributed by atoms with Gasteiger partial charge in [-0.2, -0.15) is 0 Å². The fraction of sp³-hybridized carbons (Fsp3) is 1.00. The predicted octanol–water partition coefficient (Wildman–Crippen LogP) is 3.03. The minimum Gasteiger partial charge on any atom is -0.308 e. The van der Waals surface area contributed by atoms with Gasteiger partial charge in [-0.3, -0.25) is 4.90 Å². The van der Waals surface area contributed by atoms with Crippen LogP contribution in [0.1, 0.15) is 51.9 Å². The largest absolute Gasteiger partial charge is 0.308 e. The molecule has 0 radical (unpaired) electrons. The average Bonchev–Trinajstić information content (AvgIpc) is 3.19. The lowest BCUT2D eigenvalue weighted by Gasteiger charge is -2.55. The summed E-state index contributed by atoms with van der Waals surface area (Å²) in [5.41, 5.74) is 0.0840. The van der Waals surface area contributed by atoms with Crippen LogP contribution < -0.4 is 5.32 Å². The first-order valence-electron chi connectivity index (χ1n) is 7.82. The number of nitrogens with one attached hydrogen (secondary N) is 1. The van der Waals surface area contributed by atoms with Crippen molar-refractivity contribution >= 4 is 0 Å². The van der Waals surface area contributed by atoms with E-state index in [0.29, 0.717) is 5.92 Å². The Hall–Kier alpha value is -0.220. The second-order valence-corrected chi connectivity index (χ2v) is 7.10. The summed E-state index contributed by atoms with van der Waals surface area (Å²) in [5.74, 6) is 0.625. The maximum absolute atomic E-state index is 12.9. The second kappa shape index (κ2) is 4.96. The molecule has 0 bridgehead atoms. The highest BCUT2D eigenvalue weighted by Gasteiger charge is 2.52. The summed E-state index contributed by atoms with van der Waals surface area (Å²) >= 11 is 0. The van der Waals surface area contributed by atoms with Gasteiger partial charge in [0.2, 0.25) is 0 Å². The van der Waals surface area contributed by atoms with Crippen molar-refractivity contribution in [3.05, 3.63) is 0 Å². The topological polar surface area (TPSA) is 15.3 Å². The van der Waals surface area contributed by atoms with Gasteiger partial charge in [0.05, 0.1) is 6.54 Å². The highest BCUT2D eigenvalue weighted by atomic mass is 19.3. The molecule has 1 heterocycles. The molecule has 3 rings (SSSR count). The molecular formula is C15H26F2N2. The molecule has 2 aliphatic carbocycles. The Bertz CT molecular complexity index is 324. The Kier molecular flexibility index (Phi) is 3.59. The number of piperazine rings is 1. The van der Waals surface area contributed by atoms with Crippen LogP contribution in [0, 0.1) is 5.92 Å². The number of nitrogens with zero attached hydrogens (tertiary/aromatic N) is 1. The van der Waals surface area contributed by atoms with E-state index < -0.39 is 6.43 Å². The molecule has 1 unspecified atom stereocenters. The van der Waals surface area contributed by atoms with Crippen LogP contribution in [0.2, 0.25) is 0 Å². The fourth-order valence-corrected chi connectivity index (χ4v) is 4.19. The first kappa shape index (κ1) is 13.7. The number of hydrogen-bond donors (Lipinski definition) is 1. The predicted molar refractivity (Wildman–Crippen MR) is 72.5 cm³/mol. The van der Waals surface area contributed by atoms with Crippen LogP contribution in [0.5, 0.6) is 0 Å². The maximum Gasteiger partial charge on any atom is 0.251 e. The van der Waals surface area contributed by atoms with E-state index in [9.17, 15) is 8.78 Å². The minimum atomic E-state index is -2.21. The lowest BCUT2D eigenvalue weighted by Crippen LogP contribution is -2.70. The van der Waals surface area contributed by atoms with Crippen molar-refractivity contribution in [3.8, 4) is 0 Å². The van der Waals surface area contributed by atoms with Crippen LogP contribution in [0.4, 0.5) is 8.78 Å². The Labute approximate surface area is 114 Å². The van der Waals surface area contributed by atoms with Crippen molar-refractivity contribution in [1.82, 2.24) is 10.2 Å². The minimum absolute atomic E-state index is 0.0425. The van der Waals surface area contributed by atoms with E-state index in [1.165, 1.54) is 32.1 Å². The van der Waals surface area contributed by atoms with Gasteiger partial charge in [-0.05, 0) is 38.5 Å². The summed E-state index contributed by atoms with van der Waals surface area (Å²) in [5, 5.41) is 3.76. The molecule has 0 aromatic rings. The zero-order valence-electron chi connectivity index (χ0n) is 11.9. The average molecular weight is 272 g/mol. The third-order valence-corrected chi connectivity index (χ3v) is 5.66. The summed E-state index contributed by atoms with van der Waals surface area (Å²) in [6.45, 7) is 3.86. The quantitative estimate of drug-likeness (QED) is 0.849. The van der Waals surface area contributed by atoms with Crippen molar-refractivity contribution in [3.63, 3.8) is 0 Å². The first-order chi connectivity index (χ1) is 9.04. The number of hydrogen-bond acceptors (Lipinski definition) is 2. The highest BCUT2D eigenvalue weighted by molar-refractivity contribution is 5.09. The third kappa shape index (κ3) is 2.66. The summed E-state index contributed by atoms with van der Waals surface area (Å²) in [4.78, 5) is 2.12. The standard InChI is InChI=1S/C15H26F2N2/c1-14(12-5-6-12)10-18-15(7-3-2-4-8-15)11-19(14)9-13(16)17/h12-13,18H,2-11H2,1H3. The normalized spacial score (nSPS) is 36.0. The molecule has 1 spiro atoms. The van der Waals surface area contributed by atoms with Crippen molar-refractivity contribution < 1.29 is 8.78 Å². The number of rotatable bonds is 3. The molecule has 19 heavy (non-hydrogen) atoms. The van der Waals surface area contributed by atoms with Gasteiger partial charge in [-0.25, -0.2) is 8.78 Å². The maximum atomic E-state index is 12.9. The van der Waals surface area contributed by atoms with Crippen molar-refractivity contribution in [2.75, 3.05) is 19.6 Å². The van der Waals surface area contributed by atoms with Gasteiger partial charge in [-0.1, -0.05) is 19.3 Å². The van der Waals surface area contributed by atoms with Crippen LogP contribution in [0.15, 0.2) is 0 Å². The lowest BCUT2D eigenvalue weighted by molar-refractivity contribution is -0.0435. The highest BCUT2D eigenvalue weighted by Crippen LogP contribution is 2.46. The third-order valence-electron chi connectivity index (χ3n) is 5.66. The van der Waals surface area contributed by atoms with E-state index in [1.807, 2.05) is 0 Å². The Balaban J connectivity index is 1.75. The zero-order valence-corrected chi connectivity index (χ0v) is 11.9. The molecule has 3 fully saturated rings. The Morgan fingerprint density at radius 2 is 1.89 bits per heavy atom. The van der Waals surface area contributed by atoms with E-state index in [4.69, 9.17) is 0 Å². The second-order valence-electron chi connectivity index (χ2n) is 7.10. The summed E-state index contributed by atoms with van der Waals surface area (Å²) in [7, 11) is 0. The van der Waals surface area contributed by atoms with Gasteiger partial charge < -0.3 is 5.32 Å². The van der Waals surface area contributed by atoms with Crippen molar-refractivity contribution in [2.24, 2.45) is 5.92 Å². The smallest absolute Gasteiger partial charge is 0.251 e. The Morgan fingerprint density at radius 1 is 1.21 bits per heavy atom. The molecule has 0 amide bonds. The van der Waals surface area contributed by atoms with Crippen LogP contribution in [0.25, 0.3) is 0 Å². The van der Waals surface area contributed by atoms with Crippen molar-refractivity contribution in [1.29, 1.82) is 0 Å². The molecular weight excluding hydrogens is 246 g/mol. The molecule has 1 atom stereocenters. The van der Waals surface area contributed by atoms with E-state index in [-0.39, 0.29) is 17.6 Å². The van der Waals surface area contributed by atoms with Crippen LogP contribution >= 0.6 is 0 Å². The Morgan fingerprint density at radius 3 is 2.47 bits per heavy atom. The first-order valence-corrected chi connectivity index (χ1v) is 7.82. The van der Waals surface area contributed by atoms with E-state index in [2.05, 4.69) is 17.1 Å². The summed E-state index contributed by atoms with van der Waals surface area (Å²) < 4.78 is 25.9. The number of alkyl halides is 2. The van der Waals surface area contributed by atoms with Crippen LogP contribution in [-0.4, -0.2) is 42.0 Å². The molecule has 4 heteroatoms. The van der Waals surface area contributed by atoms with Crippen LogP contribution in [-0.2, 0) is 0 Å². The van der Waals surface area contributed by atoms with Gasteiger partial charge in [-0.15, -0.1) is 0 Å². The van der Waals surface area contributed by atoms with E-state index >= 15 is 0 Å². The summed E-state index contributed by atoms with van der Waals surface area (Å²) in [6.07, 6.45) is 6.33. The van der Waals surface area contributed by atoms with Gasteiger partial charge in [0.1, 0.15) is 0 Å². The van der Waals surface area contributed by atoms with Crippen molar-refractivity contribution in [2.45, 2.75) is 69.4 Å². The van der Waals surface area contributed by atoms with Gasteiger partial charge in [0.15, 0.2) is 0 Å². The molecule has 0 aromatic heterocycles. The molecule has 1 N–H and O–H groups in total. The molecule has 110 valence electrons. The summed E-state index contributed by atoms with van der Waals surface area (Å²) in [6, 6.07) is 0. The monoisotopic (exact) mass is 272 g/mol.